The van der Waals surface area contributed by atoms with Gasteiger partial charge in [-0.3, -0.25) is 13.9 Å². The van der Waals surface area contributed by atoms with Crippen molar-refractivity contribution < 1.29 is 9.47 Å². The maximum atomic E-state index is 12.6. The molecule has 0 N–H and O–H groups in total. The second kappa shape index (κ2) is 5.63. The summed E-state index contributed by atoms with van der Waals surface area (Å²) in [5.74, 6) is 1.18. The first-order valence-electron chi connectivity index (χ1n) is 7.28. The van der Waals surface area contributed by atoms with Crippen molar-refractivity contribution in [3.63, 3.8) is 0 Å². The Morgan fingerprint density at radius 3 is 2.60 bits per heavy atom. The molecule has 0 aliphatic carbocycles. The van der Waals surface area contributed by atoms with Gasteiger partial charge >= 0.3 is 5.69 Å². The molecule has 0 saturated heterocycles. The van der Waals surface area contributed by atoms with E-state index < -0.39 is 11.2 Å². The van der Waals surface area contributed by atoms with Crippen molar-refractivity contribution in [1.82, 2.24) is 18.7 Å². The third-order valence-corrected chi connectivity index (χ3v) is 5.13. The van der Waals surface area contributed by atoms with Crippen LogP contribution in [0.2, 0.25) is 5.02 Å². The second-order valence-electron chi connectivity index (χ2n) is 5.64. The molecule has 3 aromatic rings. The predicted octanol–water partition coefficient (Wildman–Crippen LogP) is 1.63. The minimum absolute atomic E-state index is 0.148. The molecule has 4 rings (SSSR count). The SMILES string of the molecule is Cn1c(=O)c2c(nc(Br)n2Cc2cc3c(cc2Cl)OCO3)n(C)c1=O. The van der Waals surface area contributed by atoms with Gasteiger partial charge in [0.15, 0.2) is 27.4 Å². The molecule has 1 aromatic carbocycles. The molecule has 0 spiro atoms. The fourth-order valence-corrected chi connectivity index (χ4v) is 3.50. The van der Waals surface area contributed by atoms with Crippen LogP contribution in [0, 0.1) is 0 Å². The van der Waals surface area contributed by atoms with E-state index >= 15 is 0 Å². The second-order valence-corrected chi connectivity index (χ2v) is 6.76. The summed E-state index contributed by atoms with van der Waals surface area (Å²) in [6.07, 6.45) is 0. The molecule has 0 amide bonds. The summed E-state index contributed by atoms with van der Waals surface area (Å²) in [6.45, 7) is 0.426. The van der Waals surface area contributed by atoms with Crippen molar-refractivity contribution in [2.75, 3.05) is 6.79 Å². The van der Waals surface area contributed by atoms with Gasteiger partial charge in [-0.25, -0.2) is 9.78 Å². The Hall–Kier alpha value is -2.26. The Bertz CT molecular complexity index is 1150. The smallest absolute Gasteiger partial charge is 0.332 e. The molecule has 0 unspecified atom stereocenters. The van der Waals surface area contributed by atoms with E-state index in [0.29, 0.717) is 32.4 Å². The van der Waals surface area contributed by atoms with Crippen LogP contribution in [0.15, 0.2) is 26.5 Å². The molecule has 0 radical (unpaired) electrons. The van der Waals surface area contributed by atoms with Crippen LogP contribution in [-0.4, -0.2) is 25.5 Å². The van der Waals surface area contributed by atoms with Crippen molar-refractivity contribution >= 4 is 38.7 Å². The fourth-order valence-electron chi connectivity index (χ4n) is 2.81. The minimum Gasteiger partial charge on any atom is -0.454 e. The molecule has 1 aliphatic rings. The number of benzene rings is 1. The predicted molar refractivity (Wildman–Crippen MR) is 94.6 cm³/mol. The van der Waals surface area contributed by atoms with Gasteiger partial charge in [-0.1, -0.05) is 11.6 Å². The molecule has 3 heterocycles. The third-order valence-electron chi connectivity index (χ3n) is 4.17. The number of ether oxygens (including phenoxy) is 2. The first-order chi connectivity index (χ1) is 11.9. The Balaban J connectivity index is 1.93. The van der Waals surface area contributed by atoms with Crippen LogP contribution >= 0.6 is 27.5 Å². The summed E-state index contributed by atoms with van der Waals surface area (Å²) in [4.78, 5) is 29.0. The molecule has 10 heteroatoms. The summed E-state index contributed by atoms with van der Waals surface area (Å²) < 4.78 is 15.2. The third kappa shape index (κ3) is 2.37. The van der Waals surface area contributed by atoms with E-state index in [-0.39, 0.29) is 13.3 Å². The van der Waals surface area contributed by atoms with E-state index in [1.807, 2.05) is 0 Å². The van der Waals surface area contributed by atoms with Crippen molar-refractivity contribution in [3.05, 3.63) is 48.3 Å². The van der Waals surface area contributed by atoms with Gasteiger partial charge in [0.1, 0.15) is 0 Å². The lowest BCUT2D eigenvalue weighted by Crippen LogP contribution is -2.37. The Morgan fingerprint density at radius 2 is 1.88 bits per heavy atom. The van der Waals surface area contributed by atoms with Crippen LogP contribution in [-0.2, 0) is 20.6 Å². The largest absolute Gasteiger partial charge is 0.454 e. The van der Waals surface area contributed by atoms with Crippen LogP contribution in [0.5, 0.6) is 11.5 Å². The summed E-state index contributed by atoms with van der Waals surface area (Å²) >= 11 is 9.69. The van der Waals surface area contributed by atoms with Crippen LogP contribution in [0.3, 0.4) is 0 Å². The number of halogens is 2. The van der Waals surface area contributed by atoms with Gasteiger partial charge in [0.25, 0.3) is 5.56 Å². The Labute approximate surface area is 154 Å². The van der Waals surface area contributed by atoms with Crippen molar-refractivity contribution in [3.8, 4) is 11.5 Å². The zero-order valence-corrected chi connectivity index (χ0v) is 15.6. The zero-order valence-electron chi connectivity index (χ0n) is 13.2. The van der Waals surface area contributed by atoms with Gasteiger partial charge in [0, 0.05) is 25.2 Å². The fraction of sp³-hybridized carbons (Fsp3) is 0.267. The van der Waals surface area contributed by atoms with Gasteiger partial charge in [0.05, 0.1) is 6.54 Å². The molecule has 1 aliphatic heterocycles. The van der Waals surface area contributed by atoms with Crippen molar-refractivity contribution in [2.45, 2.75) is 6.54 Å². The maximum absolute atomic E-state index is 12.6. The molecular formula is C15H12BrClN4O4. The first-order valence-corrected chi connectivity index (χ1v) is 8.45. The number of hydrogen-bond acceptors (Lipinski definition) is 5. The van der Waals surface area contributed by atoms with Crippen LogP contribution in [0.1, 0.15) is 5.56 Å². The van der Waals surface area contributed by atoms with Gasteiger partial charge in [-0.05, 0) is 27.6 Å². The lowest BCUT2D eigenvalue weighted by molar-refractivity contribution is 0.174. The molecule has 0 bridgehead atoms. The van der Waals surface area contributed by atoms with Gasteiger partial charge in [-0.2, -0.15) is 0 Å². The molecule has 130 valence electrons. The molecule has 0 fully saturated rings. The van der Waals surface area contributed by atoms with Crippen LogP contribution < -0.4 is 20.7 Å². The Kier molecular flexibility index (Phi) is 3.66. The van der Waals surface area contributed by atoms with Crippen molar-refractivity contribution in [2.24, 2.45) is 14.1 Å². The number of aryl methyl sites for hydroxylation is 1. The van der Waals surface area contributed by atoms with E-state index in [9.17, 15) is 9.59 Å². The van der Waals surface area contributed by atoms with Crippen molar-refractivity contribution in [1.29, 1.82) is 0 Å². The van der Waals surface area contributed by atoms with Gasteiger partial charge in [-0.15, -0.1) is 0 Å². The quantitative estimate of drug-likeness (QED) is 0.581. The van der Waals surface area contributed by atoms with Gasteiger partial charge < -0.3 is 14.0 Å². The molecule has 2 aromatic heterocycles. The first kappa shape index (κ1) is 16.2. The highest BCUT2D eigenvalue weighted by molar-refractivity contribution is 9.10. The molecule has 0 atom stereocenters. The number of aromatic nitrogens is 4. The maximum Gasteiger partial charge on any atom is 0.332 e. The average Bonchev–Trinajstić information content (AvgIpc) is 3.16. The van der Waals surface area contributed by atoms with Crippen LogP contribution in [0.25, 0.3) is 11.2 Å². The molecule has 8 nitrogen and oxygen atoms in total. The topological polar surface area (TPSA) is 80.3 Å². The number of fused-ring (bicyclic) bond motifs is 2. The highest BCUT2D eigenvalue weighted by atomic mass is 79.9. The zero-order chi connectivity index (χ0) is 17.9. The summed E-state index contributed by atoms with van der Waals surface area (Å²) in [5.41, 5.74) is 0.493. The average molecular weight is 428 g/mol. The molecular weight excluding hydrogens is 416 g/mol. The Morgan fingerprint density at radius 1 is 1.20 bits per heavy atom. The standard InChI is InChI=1S/C15H12BrClN4O4/c1-19-12-11(13(22)20(2)15(19)23)21(14(16)18-12)5-7-3-9-10(4-8(7)17)25-6-24-9/h3-4H,5-6H2,1-2H3. The lowest BCUT2D eigenvalue weighted by Gasteiger charge is -2.10. The summed E-state index contributed by atoms with van der Waals surface area (Å²) in [7, 11) is 3.00. The van der Waals surface area contributed by atoms with E-state index in [1.54, 1.807) is 23.7 Å². The monoisotopic (exact) mass is 426 g/mol. The van der Waals surface area contributed by atoms with E-state index in [1.165, 1.54) is 11.6 Å². The minimum atomic E-state index is -0.434. The summed E-state index contributed by atoms with van der Waals surface area (Å²) in [5, 5.41) is 0.486. The number of imidazole rings is 1. The molecule has 25 heavy (non-hydrogen) atoms. The van der Waals surface area contributed by atoms with Gasteiger partial charge in [0.2, 0.25) is 6.79 Å². The normalized spacial score (nSPS) is 13.0. The number of hydrogen-bond donors (Lipinski definition) is 0. The number of rotatable bonds is 2. The van der Waals surface area contributed by atoms with Crippen LogP contribution in [0.4, 0.5) is 0 Å². The van der Waals surface area contributed by atoms with E-state index in [4.69, 9.17) is 21.1 Å². The highest BCUT2D eigenvalue weighted by Gasteiger charge is 2.21. The highest BCUT2D eigenvalue weighted by Crippen LogP contribution is 2.37. The molecule has 0 saturated carbocycles. The van der Waals surface area contributed by atoms with E-state index in [2.05, 4.69) is 20.9 Å². The summed E-state index contributed by atoms with van der Waals surface area (Å²) in [6, 6.07) is 3.45. The van der Waals surface area contributed by atoms with E-state index in [0.717, 1.165) is 10.1 Å². The number of nitrogens with zero attached hydrogens (tertiary/aromatic N) is 4. The lowest BCUT2D eigenvalue weighted by atomic mass is 10.2.